The van der Waals surface area contributed by atoms with Gasteiger partial charge in [-0.3, -0.25) is 0 Å². The summed E-state index contributed by atoms with van der Waals surface area (Å²) in [7, 11) is 0. The van der Waals surface area contributed by atoms with E-state index >= 15 is 0 Å². The van der Waals surface area contributed by atoms with Crippen LogP contribution in [-0.4, -0.2) is 36.6 Å². The SMILES string of the molecule is Nc1ccc(N2CCC(N3CCc4cc(Br)ccc4NC3=O)CC2)cc1. The zero-order valence-electron chi connectivity index (χ0n) is 14.6. The van der Waals surface area contributed by atoms with Crippen molar-refractivity contribution in [3.05, 3.63) is 52.5 Å². The summed E-state index contributed by atoms with van der Waals surface area (Å²) < 4.78 is 1.05. The highest BCUT2D eigenvalue weighted by atomic mass is 79.9. The van der Waals surface area contributed by atoms with E-state index in [1.807, 2.05) is 29.2 Å². The molecule has 0 radical (unpaired) electrons. The van der Waals surface area contributed by atoms with Crippen LogP contribution in [0.25, 0.3) is 0 Å². The zero-order valence-corrected chi connectivity index (χ0v) is 16.2. The molecule has 0 atom stereocenters. The molecule has 5 nitrogen and oxygen atoms in total. The Morgan fingerprint density at radius 1 is 1.04 bits per heavy atom. The number of urea groups is 1. The summed E-state index contributed by atoms with van der Waals surface area (Å²) >= 11 is 3.52. The first-order valence-electron chi connectivity index (χ1n) is 9.07. The van der Waals surface area contributed by atoms with Crippen LogP contribution in [0.3, 0.4) is 0 Å². The van der Waals surface area contributed by atoms with Gasteiger partial charge >= 0.3 is 6.03 Å². The van der Waals surface area contributed by atoms with Crippen LogP contribution in [0.4, 0.5) is 21.9 Å². The summed E-state index contributed by atoms with van der Waals surface area (Å²) in [5.41, 5.74) is 9.89. The Morgan fingerprint density at radius 2 is 1.77 bits per heavy atom. The number of hydrogen-bond donors (Lipinski definition) is 2. The number of nitrogens with zero attached hydrogens (tertiary/aromatic N) is 2. The van der Waals surface area contributed by atoms with Crippen LogP contribution >= 0.6 is 15.9 Å². The Hall–Kier alpha value is -2.21. The number of nitrogens with one attached hydrogen (secondary N) is 1. The van der Waals surface area contributed by atoms with Gasteiger partial charge in [-0.1, -0.05) is 15.9 Å². The van der Waals surface area contributed by atoms with Gasteiger partial charge in [0, 0.05) is 47.2 Å². The van der Waals surface area contributed by atoms with E-state index in [2.05, 4.69) is 44.3 Å². The maximum atomic E-state index is 12.7. The molecule has 2 aliphatic heterocycles. The van der Waals surface area contributed by atoms with E-state index in [0.29, 0.717) is 0 Å². The van der Waals surface area contributed by atoms with Crippen molar-refractivity contribution in [3.8, 4) is 0 Å². The predicted octanol–water partition coefficient (Wildman–Crippen LogP) is 4.09. The molecular formula is C20H23BrN4O. The van der Waals surface area contributed by atoms with Crippen molar-refractivity contribution < 1.29 is 4.79 Å². The predicted molar refractivity (Wildman–Crippen MR) is 110 cm³/mol. The van der Waals surface area contributed by atoms with Crippen molar-refractivity contribution in [2.75, 3.05) is 35.6 Å². The van der Waals surface area contributed by atoms with Crippen LogP contribution in [0.2, 0.25) is 0 Å². The van der Waals surface area contributed by atoms with E-state index in [4.69, 9.17) is 5.73 Å². The van der Waals surface area contributed by atoms with Crippen LogP contribution < -0.4 is 16.0 Å². The summed E-state index contributed by atoms with van der Waals surface area (Å²) in [6.45, 7) is 2.68. The van der Waals surface area contributed by atoms with E-state index in [9.17, 15) is 4.79 Å². The Bertz CT molecular complexity index is 800. The van der Waals surface area contributed by atoms with Gasteiger partial charge in [-0.25, -0.2) is 4.79 Å². The first-order chi connectivity index (χ1) is 12.6. The minimum absolute atomic E-state index is 0.0250. The van der Waals surface area contributed by atoms with Gasteiger partial charge in [0.15, 0.2) is 0 Å². The van der Waals surface area contributed by atoms with E-state index in [0.717, 1.165) is 54.7 Å². The number of benzene rings is 2. The van der Waals surface area contributed by atoms with Gasteiger partial charge in [0.1, 0.15) is 0 Å². The highest BCUT2D eigenvalue weighted by molar-refractivity contribution is 9.10. The lowest BCUT2D eigenvalue weighted by molar-refractivity contribution is 0.177. The molecule has 2 heterocycles. The molecule has 2 aromatic carbocycles. The van der Waals surface area contributed by atoms with Gasteiger partial charge in [0.25, 0.3) is 0 Å². The largest absolute Gasteiger partial charge is 0.399 e. The molecule has 6 heteroatoms. The maximum Gasteiger partial charge on any atom is 0.322 e. The summed E-state index contributed by atoms with van der Waals surface area (Å²) in [6.07, 6.45) is 2.85. The molecular weight excluding hydrogens is 392 g/mol. The third-order valence-corrected chi connectivity index (χ3v) is 5.85. The molecule has 0 bridgehead atoms. The van der Waals surface area contributed by atoms with Crippen molar-refractivity contribution in [1.29, 1.82) is 0 Å². The van der Waals surface area contributed by atoms with Gasteiger partial charge in [0.05, 0.1) is 0 Å². The van der Waals surface area contributed by atoms with Gasteiger partial charge in [0.2, 0.25) is 0 Å². The molecule has 2 aliphatic rings. The first kappa shape index (κ1) is 17.2. The van der Waals surface area contributed by atoms with E-state index in [-0.39, 0.29) is 12.1 Å². The van der Waals surface area contributed by atoms with Crippen LogP contribution in [0.5, 0.6) is 0 Å². The third kappa shape index (κ3) is 3.51. The van der Waals surface area contributed by atoms with Crippen LogP contribution in [0.1, 0.15) is 18.4 Å². The summed E-state index contributed by atoms with van der Waals surface area (Å²) in [4.78, 5) is 17.1. The number of piperidine rings is 1. The van der Waals surface area contributed by atoms with Crippen molar-refractivity contribution in [1.82, 2.24) is 4.90 Å². The molecule has 26 heavy (non-hydrogen) atoms. The first-order valence-corrected chi connectivity index (χ1v) is 9.86. The second-order valence-electron chi connectivity index (χ2n) is 6.98. The number of rotatable bonds is 2. The van der Waals surface area contributed by atoms with Crippen LogP contribution in [0, 0.1) is 0 Å². The molecule has 4 rings (SSSR count). The molecule has 1 saturated heterocycles. The number of hydrogen-bond acceptors (Lipinski definition) is 3. The standard InChI is InChI=1S/C20H23BrN4O/c21-15-1-6-19-14(13-15)7-12-25(20(26)23-19)18-8-10-24(11-9-18)17-4-2-16(22)3-5-17/h1-6,13,18H,7-12,22H2,(H,23,26). The van der Waals surface area contributed by atoms with E-state index < -0.39 is 0 Å². The van der Waals surface area contributed by atoms with Crippen LogP contribution in [0.15, 0.2) is 46.9 Å². The molecule has 0 aromatic heterocycles. The second kappa shape index (κ2) is 7.19. The van der Waals surface area contributed by atoms with Crippen molar-refractivity contribution in [3.63, 3.8) is 0 Å². The Balaban J connectivity index is 1.41. The molecule has 2 aromatic rings. The monoisotopic (exact) mass is 414 g/mol. The highest BCUT2D eigenvalue weighted by Crippen LogP contribution is 2.28. The minimum atomic E-state index is 0.0250. The molecule has 0 spiro atoms. The maximum absolute atomic E-state index is 12.7. The fourth-order valence-electron chi connectivity index (χ4n) is 3.89. The molecule has 136 valence electrons. The lowest BCUT2D eigenvalue weighted by Gasteiger charge is -2.39. The number of fused-ring (bicyclic) bond motifs is 1. The minimum Gasteiger partial charge on any atom is -0.399 e. The number of amides is 2. The number of anilines is 3. The fourth-order valence-corrected chi connectivity index (χ4v) is 4.30. The number of nitrogens with two attached hydrogens (primary N) is 1. The van der Waals surface area contributed by atoms with Crippen molar-refractivity contribution >= 4 is 39.0 Å². The Labute approximate surface area is 162 Å². The lowest BCUT2D eigenvalue weighted by Crippen LogP contribution is -2.48. The van der Waals surface area contributed by atoms with Gasteiger partial charge < -0.3 is 20.9 Å². The molecule has 2 amide bonds. The highest BCUT2D eigenvalue weighted by Gasteiger charge is 2.30. The number of carbonyl (C=O) groups excluding carboxylic acids is 1. The fraction of sp³-hybridized carbons (Fsp3) is 0.350. The second-order valence-corrected chi connectivity index (χ2v) is 7.90. The number of carbonyl (C=O) groups is 1. The molecule has 0 aliphatic carbocycles. The topological polar surface area (TPSA) is 61.6 Å². The van der Waals surface area contributed by atoms with Crippen LogP contribution in [-0.2, 0) is 6.42 Å². The quantitative estimate of drug-likeness (QED) is 0.727. The normalized spacial score (nSPS) is 18.3. The van der Waals surface area contributed by atoms with Crippen molar-refractivity contribution in [2.45, 2.75) is 25.3 Å². The van der Waals surface area contributed by atoms with Gasteiger partial charge in [-0.2, -0.15) is 0 Å². The average Bonchev–Trinajstić information content (AvgIpc) is 2.81. The molecule has 1 fully saturated rings. The molecule has 3 N–H and O–H groups in total. The van der Waals surface area contributed by atoms with Gasteiger partial charge in [-0.15, -0.1) is 0 Å². The Morgan fingerprint density at radius 3 is 2.50 bits per heavy atom. The smallest absolute Gasteiger partial charge is 0.322 e. The average molecular weight is 415 g/mol. The summed E-state index contributed by atoms with van der Waals surface area (Å²) in [5.74, 6) is 0. The molecule has 0 unspecified atom stereocenters. The van der Waals surface area contributed by atoms with Gasteiger partial charge in [-0.05, 0) is 67.3 Å². The van der Waals surface area contributed by atoms with Crippen molar-refractivity contribution in [2.24, 2.45) is 0 Å². The Kier molecular flexibility index (Phi) is 4.76. The third-order valence-electron chi connectivity index (χ3n) is 5.36. The summed E-state index contributed by atoms with van der Waals surface area (Å²) in [5, 5.41) is 3.08. The van der Waals surface area contributed by atoms with E-state index in [1.165, 1.54) is 11.3 Å². The molecule has 0 saturated carbocycles. The lowest BCUT2D eigenvalue weighted by atomic mass is 10.0. The number of nitrogen functional groups attached to an aromatic ring is 1. The summed E-state index contributed by atoms with van der Waals surface area (Å²) in [6, 6.07) is 14.4. The zero-order chi connectivity index (χ0) is 18.1. The van der Waals surface area contributed by atoms with E-state index in [1.54, 1.807) is 0 Å². The number of halogens is 1.